The molecule has 13 heavy (non-hydrogen) atoms. The van der Waals surface area contributed by atoms with Crippen LogP contribution in [0.25, 0.3) is 0 Å². The van der Waals surface area contributed by atoms with Gasteiger partial charge < -0.3 is 4.57 Å². The normalized spacial score (nSPS) is 10.1. The molecule has 0 N–H and O–H groups in total. The van der Waals surface area contributed by atoms with Crippen molar-refractivity contribution >= 4 is 15.9 Å². The Hall–Kier alpha value is -0.830. The maximum absolute atomic E-state index is 11.5. The van der Waals surface area contributed by atoms with Crippen molar-refractivity contribution in [3.63, 3.8) is 0 Å². The zero-order valence-electron chi connectivity index (χ0n) is 7.80. The predicted molar refractivity (Wildman–Crippen MR) is 58.0 cm³/mol. The second kappa shape index (κ2) is 3.92. The average molecular weight is 242 g/mol. The number of pyridine rings is 1. The fourth-order valence-corrected chi connectivity index (χ4v) is 1.74. The van der Waals surface area contributed by atoms with Crippen molar-refractivity contribution in [2.75, 3.05) is 0 Å². The van der Waals surface area contributed by atoms with Crippen LogP contribution in [0, 0.1) is 6.92 Å². The molecular formula is C10H12BrNO. The molecule has 0 aliphatic carbocycles. The van der Waals surface area contributed by atoms with Crippen molar-refractivity contribution in [3.8, 4) is 0 Å². The first-order valence-electron chi connectivity index (χ1n) is 4.01. The van der Waals surface area contributed by atoms with Gasteiger partial charge in [-0.15, -0.1) is 0 Å². The molecule has 1 rings (SSSR count). The van der Waals surface area contributed by atoms with E-state index in [-0.39, 0.29) is 5.56 Å². The minimum absolute atomic E-state index is 0.00593. The van der Waals surface area contributed by atoms with Crippen LogP contribution >= 0.6 is 15.9 Å². The van der Waals surface area contributed by atoms with E-state index in [1.807, 2.05) is 26.1 Å². The van der Waals surface area contributed by atoms with Crippen molar-refractivity contribution < 1.29 is 0 Å². The second-order valence-corrected chi connectivity index (χ2v) is 4.11. The van der Waals surface area contributed by atoms with Crippen LogP contribution in [0.1, 0.15) is 12.5 Å². The standard InChI is InChI=1S/C10H12BrNO/c1-7(2)5-12-6-8(3)4-9(11)10(12)13/h4,6H,1,5H2,2-3H3. The molecule has 0 aliphatic heterocycles. The Morgan fingerprint density at radius 3 is 2.85 bits per heavy atom. The van der Waals surface area contributed by atoms with Gasteiger partial charge in [-0.1, -0.05) is 12.2 Å². The first-order valence-corrected chi connectivity index (χ1v) is 4.81. The van der Waals surface area contributed by atoms with E-state index in [2.05, 4.69) is 22.5 Å². The number of aryl methyl sites for hydroxylation is 1. The molecule has 0 spiro atoms. The lowest BCUT2D eigenvalue weighted by Crippen LogP contribution is -2.20. The van der Waals surface area contributed by atoms with E-state index >= 15 is 0 Å². The highest BCUT2D eigenvalue weighted by Gasteiger charge is 2.01. The third-order valence-corrected chi connectivity index (χ3v) is 2.19. The van der Waals surface area contributed by atoms with Gasteiger partial charge >= 0.3 is 0 Å². The summed E-state index contributed by atoms with van der Waals surface area (Å²) in [5, 5.41) is 0. The Bertz CT molecular complexity index is 392. The summed E-state index contributed by atoms with van der Waals surface area (Å²) >= 11 is 3.22. The van der Waals surface area contributed by atoms with Gasteiger partial charge in [0.1, 0.15) is 0 Å². The van der Waals surface area contributed by atoms with Crippen LogP contribution in [0.2, 0.25) is 0 Å². The first kappa shape index (κ1) is 10.3. The molecule has 3 heteroatoms. The van der Waals surface area contributed by atoms with E-state index in [0.29, 0.717) is 11.0 Å². The monoisotopic (exact) mass is 241 g/mol. The molecule has 0 amide bonds. The summed E-state index contributed by atoms with van der Waals surface area (Å²) in [6.07, 6.45) is 1.84. The zero-order chi connectivity index (χ0) is 10.0. The zero-order valence-corrected chi connectivity index (χ0v) is 9.39. The van der Waals surface area contributed by atoms with Gasteiger partial charge in [0, 0.05) is 12.7 Å². The summed E-state index contributed by atoms with van der Waals surface area (Å²) < 4.78 is 2.26. The number of hydrogen-bond acceptors (Lipinski definition) is 1. The van der Waals surface area contributed by atoms with E-state index in [4.69, 9.17) is 0 Å². The molecule has 0 atom stereocenters. The Balaban J connectivity index is 3.21. The molecule has 0 saturated carbocycles. The molecule has 1 aromatic rings. The Kier molecular flexibility index (Phi) is 3.09. The van der Waals surface area contributed by atoms with Crippen LogP contribution in [0.5, 0.6) is 0 Å². The van der Waals surface area contributed by atoms with Crippen molar-refractivity contribution in [1.82, 2.24) is 4.57 Å². The summed E-state index contributed by atoms with van der Waals surface area (Å²) in [4.78, 5) is 11.5. The Labute approximate surface area is 86.0 Å². The Morgan fingerprint density at radius 1 is 1.69 bits per heavy atom. The highest BCUT2D eigenvalue weighted by atomic mass is 79.9. The smallest absolute Gasteiger partial charge is 0.265 e. The molecule has 0 aliphatic rings. The van der Waals surface area contributed by atoms with Crippen molar-refractivity contribution in [1.29, 1.82) is 0 Å². The molecule has 70 valence electrons. The average Bonchev–Trinajstić information content (AvgIpc) is 1.98. The molecule has 1 aromatic heterocycles. The molecule has 0 bridgehead atoms. The van der Waals surface area contributed by atoms with Crippen molar-refractivity contribution in [2.24, 2.45) is 0 Å². The van der Waals surface area contributed by atoms with Gasteiger partial charge in [0.05, 0.1) is 4.47 Å². The van der Waals surface area contributed by atoms with Gasteiger partial charge in [-0.2, -0.15) is 0 Å². The summed E-state index contributed by atoms with van der Waals surface area (Å²) in [5.74, 6) is 0. The maximum atomic E-state index is 11.5. The SMILES string of the molecule is C=C(C)Cn1cc(C)cc(Br)c1=O. The molecule has 0 saturated heterocycles. The third kappa shape index (κ3) is 2.56. The summed E-state index contributed by atoms with van der Waals surface area (Å²) in [7, 11) is 0. The predicted octanol–water partition coefficient (Wildman–Crippen LogP) is 2.50. The molecule has 0 unspecified atom stereocenters. The number of aromatic nitrogens is 1. The highest BCUT2D eigenvalue weighted by Crippen LogP contribution is 2.06. The largest absolute Gasteiger partial charge is 0.310 e. The van der Waals surface area contributed by atoms with Gasteiger partial charge in [0.15, 0.2) is 0 Å². The number of halogens is 1. The topological polar surface area (TPSA) is 22.0 Å². The van der Waals surface area contributed by atoms with E-state index in [1.54, 1.807) is 4.57 Å². The summed E-state index contributed by atoms with van der Waals surface area (Å²) in [6.45, 7) is 8.22. The van der Waals surface area contributed by atoms with Gasteiger partial charge in [0.25, 0.3) is 5.56 Å². The minimum atomic E-state index is -0.00593. The van der Waals surface area contributed by atoms with Crippen LogP contribution in [-0.2, 0) is 6.54 Å². The van der Waals surface area contributed by atoms with Crippen molar-refractivity contribution in [3.05, 3.63) is 44.8 Å². The van der Waals surface area contributed by atoms with Crippen LogP contribution in [0.15, 0.2) is 33.7 Å². The fraction of sp³-hybridized carbons (Fsp3) is 0.300. The quantitative estimate of drug-likeness (QED) is 0.730. The lowest BCUT2D eigenvalue weighted by atomic mass is 10.3. The molecule has 1 heterocycles. The van der Waals surface area contributed by atoms with Crippen LogP contribution in [0.3, 0.4) is 0 Å². The van der Waals surface area contributed by atoms with Crippen LogP contribution in [-0.4, -0.2) is 4.57 Å². The number of rotatable bonds is 2. The van der Waals surface area contributed by atoms with Gasteiger partial charge in [-0.3, -0.25) is 4.79 Å². The van der Waals surface area contributed by atoms with Crippen molar-refractivity contribution in [2.45, 2.75) is 20.4 Å². The fourth-order valence-electron chi connectivity index (χ4n) is 1.15. The minimum Gasteiger partial charge on any atom is -0.310 e. The van der Waals surface area contributed by atoms with E-state index in [9.17, 15) is 4.79 Å². The lowest BCUT2D eigenvalue weighted by Gasteiger charge is -2.06. The molecule has 0 radical (unpaired) electrons. The van der Waals surface area contributed by atoms with Gasteiger partial charge in [-0.05, 0) is 41.4 Å². The maximum Gasteiger partial charge on any atom is 0.265 e. The van der Waals surface area contributed by atoms with Gasteiger partial charge in [-0.25, -0.2) is 0 Å². The van der Waals surface area contributed by atoms with Crippen LogP contribution < -0.4 is 5.56 Å². The summed E-state index contributed by atoms with van der Waals surface area (Å²) in [5.41, 5.74) is 2.03. The Morgan fingerprint density at radius 2 is 2.31 bits per heavy atom. The second-order valence-electron chi connectivity index (χ2n) is 3.26. The number of nitrogens with zero attached hydrogens (tertiary/aromatic N) is 1. The van der Waals surface area contributed by atoms with E-state index < -0.39 is 0 Å². The highest BCUT2D eigenvalue weighted by molar-refractivity contribution is 9.10. The van der Waals surface area contributed by atoms with Crippen LogP contribution in [0.4, 0.5) is 0 Å². The molecule has 0 aromatic carbocycles. The first-order chi connectivity index (χ1) is 6.00. The lowest BCUT2D eigenvalue weighted by molar-refractivity contribution is 0.740. The summed E-state index contributed by atoms with van der Waals surface area (Å²) in [6, 6.07) is 1.82. The third-order valence-electron chi connectivity index (χ3n) is 1.62. The molecule has 0 fully saturated rings. The number of hydrogen-bond donors (Lipinski definition) is 0. The van der Waals surface area contributed by atoms with Gasteiger partial charge in [0.2, 0.25) is 0 Å². The number of allylic oxidation sites excluding steroid dienone is 1. The molecular weight excluding hydrogens is 230 g/mol. The molecule has 2 nitrogen and oxygen atoms in total. The van der Waals surface area contributed by atoms with E-state index in [1.165, 1.54) is 0 Å². The van der Waals surface area contributed by atoms with E-state index in [0.717, 1.165) is 11.1 Å².